The molecule has 110 valence electrons. The molecule has 1 N–H and O–H groups in total. The number of nitrogens with zero attached hydrogens (tertiary/aromatic N) is 4. The third-order valence-corrected chi connectivity index (χ3v) is 4.19. The average molecular weight is 306 g/mol. The molecule has 1 atom stereocenters. The van der Waals surface area contributed by atoms with Crippen molar-refractivity contribution >= 4 is 23.3 Å². The molecule has 0 spiro atoms. The molecule has 2 aromatic rings. The summed E-state index contributed by atoms with van der Waals surface area (Å²) in [4.78, 5) is 18.2. The monoisotopic (exact) mass is 305 g/mol. The van der Waals surface area contributed by atoms with Crippen LogP contribution in [0.5, 0.6) is 0 Å². The summed E-state index contributed by atoms with van der Waals surface area (Å²) in [5.74, 6) is 0.342. The van der Waals surface area contributed by atoms with Crippen molar-refractivity contribution in [3.05, 3.63) is 41.4 Å². The van der Waals surface area contributed by atoms with Gasteiger partial charge in [-0.25, -0.2) is 4.79 Å². The first kappa shape index (κ1) is 13.9. The van der Waals surface area contributed by atoms with E-state index in [0.717, 1.165) is 13.0 Å². The van der Waals surface area contributed by atoms with E-state index in [1.807, 2.05) is 12.3 Å². The van der Waals surface area contributed by atoms with Crippen LogP contribution in [0.2, 0.25) is 5.15 Å². The third-order valence-electron chi connectivity index (χ3n) is 3.74. The highest BCUT2D eigenvalue weighted by Gasteiger charge is 2.28. The Labute approximate surface area is 127 Å². The van der Waals surface area contributed by atoms with Crippen LogP contribution in [-0.4, -0.2) is 38.8 Å². The minimum absolute atomic E-state index is 0.142. The molecule has 6 nitrogen and oxygen atoms in total. The molecular weight excluding hydrogens is 290 g/mol. The number of urea groups is 1. The number of aryl methyl sites for hydroxylation is 1. The lowest BCUT2D eigenvalue weighted by Gasteiger charge is -2.17. The first-order chi connectivity index (χ1) is 10.1. The van der Waals surface area contributed by atoms with Gasteiger partial charge in [-0.3, -0.25) is 9.67 Å². The number of anilines is 1. The molecular formula is C14H16ClN5O. The highest BCUT2D eigenvalue weighted by molar-refractivity contribution is 6.32. The lowest BCUT2D eigenvalue weighted by Crippen LogP contribution is -2.32. The largest absolute Gasteiger partial charge is 0.324 e. The fourth-order valence-corrected chi connectivity index (χ4v) is 2.67. The van der Waals surface area contributed by atoms with Crippen molar-refractivity contribution in [3.63, 3.8) is 0 Å². The summed E-state index contributed by atoms with van der Waals surface area (Å²) in [7, 11) is 1.73. The van der Waals surface area contributed by atoms with Gasteiger partial charge in [0.25, 0.3) is 0 Å². The van der Waals surface area contributed by atoms with Gasteiger partial charge < -0.3 is 10.2 Å². The lowest BCUT2D eigenvalue weighted by molar-refractivity contribution is 0.222. The van der Waals surface area contributed by atoms with E-state index in [1.54, 1.807) is 24.3 Å². The summed E-state index contributed by atoms with van der Waals surface area (Å²) in [5.41, 5.74) is 1.71. The van der Waals surface area contributed by atoms with Crippen molar-refractivity contribution in [2.45, 2.75) is 12.3 Å². The van der Waals surface area contributed by atoms with Crippen LogP contribution in [0.3, 0.4) is 0 Å². The second-order valence-corrected chi connectivity index (χ2v) is 5.48. The molecule has 0 aliphatic carbocycles. The summed E-state index contributed by atoms with van der Waals surface area (Å²) >= 11 is 6.04. The van der Waals surface area contributed by atoms with Crippen molar-refractivity contribution in [2.24, 2.45) is 7.05 Å². The Morgan fingerprint density at radius 1 is 1.48 bits per heavy atom. The second-order valence-electron chi connectivity index (χ2n) is 5.12. The van der Waals surface area contributed by atoms with E-state index in [0.29, 0.717) is 23.3 Å². The number of aromatic nitrogens is 3. The molecule has 7 heteroatoms. The minimum Gasteiger partial charge on any atom is -0.324 e. The Morgan fingerprint density at radius 2 is 2.33 bits per heavy atom. The summed E-state index contributed by atoms with van der Waals surface area (Å²) < 4.78 is 1.51. The normalized spacial score (nSPS) is 18.0. The van der Waals surface area contributed by atoms with Crippen molar-refractivity contribution < 1.29 is 4.79 Å². The number of carbonyl (C=O) groups excluding carboxylic acids is 1. The minimum atomic E-state index is -0.142. The van der Waals surface area contributed by atoms with Crippen LogP contribution in [0.1, 0.15) is 17.9 Å². The number of hydrogen-bond donors (Lipinski definition) is 1. The Bertz CT molecular complexity index is 642. The molecule has 1 fully saturated rings. The number of hydrogen-bond acceptors (Lipinski definition) is 3. The smallest absolute Gasteiger partial charge is 0.321 e. The van der Waals surface area contributed by atoms with Crippen molar-refractivity contribution in [1.82, 2.24) is 19.7 Å². The maximum Gasteiger partial charge on any atom is 0.321 e. The SMILES string of the molecule is Cn1ncc(NC(=O)N2CCC(c3cccnc3)C2)c1Cl. The maximum atomic E-state index is 12.3. The van der Waals surface area contributed by atoms with E-state index >= 15 is 0 Å². The quantitative estimate of drug-likeness (QED) is 0.927. The van der Waals surface area contributed by atoms with Gasteiger partial charge in [-0.05, 0) is 18.1 Å². The summed E-state index contributed by atoms with van der Waals surface area (Å²) in [5, 5.41) is 7.23. The lowest BCUT2D eigenvalue weighted by atomic mass is 10.0. The molecule has 3 rings (SSSR count). The standard InChI is InChI=1S/C14H16ClN5O/c1-19-13(15)12(8-17-19)18-14(21)20-6-4-11(9-20)10-3-2-5-16-7-10/h2-3,5,7-8,11H,4,6,9H2,1H3,(H,18,21). The van der Waals surface area contributed by atoms with Gasteiger partial charge >= 0.3 is 6.03 Å². The molecule has 21 heavy (non-hydrogen) atoms. The van der Waals surface area contributed by atoms with Crippen LogP contribution in [0.4, 0.5) is 10.5 Å². The number of halogens is 1. The highest BCUT2D eigenvalue weighted by atomic mass is 35.5. The number of pyridine rings is 1. The van der Waals surface area contributed by atoms with Gasteiger partial charge in [0.15, 0.2) is 0 Å². The zero-order valence-corrected chi connectivity index (χ0v) is 12.4. The molecule has 0 saturated carbocycles. The van der Waals surface area contributed by atoms with Crippen LogP contribution in [0.15, 0.2) is 30.7 Å². The molecule has 0 bridgehead atoms. The van der Waals surface area contributed by atoms with E-state index in [9.17, 15) is 4.79 Å². The number of likely N-dealkylation sites (tertiary alicyclic amines) is 1. The van der Waals surface area contributed by atoms with Gasteiger partial charge in [0, 0.05) is 38.4 Å². The molecule has 0 radical (unpaired) electrons. The zero-order chi connectivity index (χ0) is 14.8. The maximum absolute atomic E-state index is 12.3. The van der Waals surface area contributed by atoms with E-state index in [2.05, 4.69) is 21.5 Å². The van der Waals surface area contributed by atoms with Crippen LogP contribution in [0, 0.1) is 0 Å². The van der Waals surface area contributed by atoms with Crippen molar-refractivity contribution in [3.8, 4) is 0 Å². The van der Waals surface area contributed by atoms with Crippen LogP contribution in [-0.2, 0) is 7.05 Å². The van der Waals surface area contributed by atoms with Gasteiger partial charge in [0.05, 0.1) is 11.9 Å². The number of nitrogens with one attached hydrogen (secondary N) is 1. The summed E-state index contributed by atoms with van der Waals surface area (Å²) in [6.07, 6.45) is 6.12. The predicted octanol–water partition coefficient (Wildman–Crippen LogP) is 2.49. The number of amides is 2. The average Bonchev–Trinajstić information content (AvgIpc) is 3.11. The molecule has 0 aromatic carbocycles. The fourth-order valence-electron chi connectivity index (χ4n) is 2.53. The van der Waals surface area contributed by atoms with Crippen LogP contribution >= 0.6 is 11.6 Å². The molecule has 2 amide bonds. The van der Waals surface area contributed by atoms with Gasteiger partial charge in [-0.2, -0.15) is 5.10 Å². The van der Waals surface area contributed by atoms with E-state index in [4.69, 9.17) is 11.6 Å². The van der Waals surface area contributed by atoms with Crippen LogP contribution in [0.25, 0.3) is 0 Å². The summed E-state index contributed by atoms with van der Waals surface area (Å²) in [6.45, 7) is 1.42. The highest BCUT2D eigenvalue weighted by Crippen LogP contribution is 2.27. The van der Waals surface area contributed by atoms with Crippen molar-refractivity contribution in [1.29, 1.82) is 0 Å². The van der Waals surface area contributed by atoms with Gasteiger partial charge in [0.1, 0.15) is 5.15 Å². The first-order valence-electron chi connectivity index (χ1n) is 6.78. The molecule has 1 aliphatic rings. The molecule has 1 aliphatic heterocycles. The predicted molar refractivity (Wildman–Crippen MR) is 80.4 cm³/mol. The Balaban J connectivity index is 1.63. The van der Waals surface area contributed by atoms with Gasteiger partial charge in [-0.15, -0.1) is 0 Å². The second kappa shape index (κ2) is 5.73. The fraction of sp³-hybridized carbons (Fsp3) is 0.357. The Morgan fingerprint density at radius 3 is 3.00 bits per heavy atom. The molecule has 2 aromatic heterocycles. The first-order valence-corrected chi connectivity index (χ1v) is 7.16. The van der Waals surface area contributed by atoms with Crippen LogP contribution < -0.4 is 5.32 Å². The van der Waals surface area contributed by atoms with E-state index < -0.39 is 0 Å². The third kappa shape index (κ3) is 2.85. The number of carbonyl (C=O) groups is 1. The molecule has 1 saturated heterocycles. The van der Waals surface area contributed by atoms with Gasteiger partial charge in [0.2, 0.25) is 0 Å². The molecule has 3 heterocycles. The van der Waals surface area contributed by atoms with E-state index in [-0.39, 0.29) is 6.03 Å². The van der Waals surface area contributed by atoms with Gasteiger partial charge in [-0.1, -0.05) is 17.7 Å². The number of rotatable bonds is 2. The Hall–Kier alpha value is -2.08. The molecule has 1 unspecified atom stereocenters. The summed E-state index contributed by atoms with van der Waals surface area (Å²) in [6, 6.07) is 3.83. The Kier molecular flexibility index (Phi) is 3.79. The zero-order valence-electron chi connectivity index (χ0n) is 11.7. The topological polar surface area (TPSA) is 63.1 Å². The van der Waals surface area contributed by atoms with E-state index in [1.165, 1.54) is 10.2 Å². The van der Waals surface area contributed by atoms with Crippen molar-refractivity contribution in [2.75, 3.05) is 18.4 Å².